The summed E-state index contributed by atoms with van der Waals surface area (Å²) in [5.41, 5.74) is 2.38. The second kappa shape index (κ2) is 5.15. The lowest BCUT2D eigenvalue weighted by Crippen LogP contribution is -2.17. The average Bonchev–Trinajstić information content (AvgIpc) is 3.08. The molecule has 0 aliphatic heterocycles. The van der Waals surface area contributed by atoms with Crippen molar-refractivity contribution < 1.29 is 0 Å². The summed E-state index contributed by atoms with van der Waals surface area (Å²) in [4.78, 5) is 0. The maximum atomic E-state index is 4.35. The zero-order chi connectivity index (χ0) is 12.5. The van der Waals surface area contributed by atoms with E-state index in [-0.39, 0.29) is 0 Å². The predicted molar refractivity (Wildman–Crippen MR) is 78.8 cm³/mol. The van der Waals surface area contributed by atoms with E-state index in [1.165, 1.54) is 18.4 Å². The standard InChI is InChI=1S/C13H13Br2N3/c14-10-1-4-13(18-8-11(15)7-17-18)9(5-10)6-16-12-2-3-12/h1,4-5,7-8,12,16H,2-3,6H2. The van der Waals surface area contributed by atoms with Crippen LogP contribution in [0, 0.1) is 0 Å². The van der Waals surface area contributed by atoms with Gasteiger partial charge in [0, 0.05) is 23.3 Å². The molecule has 5 heteroatoms. The summed E-state index contributed by atoms with van der Waals surface area (Å²) in [5, 5.41) is 7.89. The smallest absolute Gasteiger partial charge is 0.0691 e. The monoisotopic (exact) mass is 369 g/mol. The van der Waals surface area contributed by atoms with Crippen LogP contribution in [0.25, 0.3) is 5.69 Å². The molecule has 3 rings (SSSR count). The van der Waals surface area contributed by atoms with Gasteiger partial charge in [0.2, 0.25) is 0 Å². The van der Waals surface area contributed by atoms with Crippen molar-refractivity contribution in [1.29, 1.82) is 0 Å². The molecule has 1 aliphatic carbocycles. The molecule has 1 saturated carbocycles. The third-order valence-corrected chi connectivity index (χ3v) is 3.90. The molecular formula is C13H13Br2N3. The van der Waals surface area contributed by atoms with Crippen LogP contribution in [0.15, 0.2) is 39.5 Å². The van der Waals surface area contributed by atoms with E-state index in [1.54, 1.807) is 6.20 Å². The van der Waals surface area contributed by atoms with E-state index >= 15 is 0 Å². The Morgan fingerprint density at radius 1 is 1.28 bits per heavy atom. The van der Waals surface area contributed by atoms with E-state index in [4.69, 9.17) is 0 Å². The van der Waals surface area contributed by atoms with Crippen molar-refractivity contribution in [3.63, 3.8) is 0 Å². The SMILES string of the molecule is Brc1ccc(-n2cc(Br)cn2)c(CNC2CC2)c1. The summed E-state index contributed by atoms with van der Waals surface area (Å²) in [6, 6.07) is 7.00. The lowest BCUT2D eigenvalue weighted by molar-refractivity contribution is 0.681. The fourth-order valence-electron chi connectivity index (χ4n) is 1.89. The summed E-state index contributed by atoms with van der Waals surface area (Å²) < 4.78 is 4.00. The maximum absolute atomic E-state index is 4.35. The molecule has 18 heavy (non-hydrogen) atoms. The van der Waals surface area contributed by atoms with Gasteiger partial charge < -0.3 is 5.32 Å². The molecule has 0 saturated heterocycles. The van der Waals surface area contributed by atoms with Crippen LogP contribution in [0.3, 0.4) is 0 Å². The molecule has 3 nitrogen and oxygen atoms in total. The summed E-state index contributed by atoms with van der Waals surface area (Å²) in [7, 11) is 0. The molecule has 1 aromatic carbocycles. The number of benzene rings is 1. The van der Waals surface area contributed by atoms with Gasteiger partial charge in [-0.2, -0.15) is 5.10 Å². The van der Waals surface area contributed by atoms with Crippen LogP contribution >= 0.6 is 31.9 Å². The third-order valence-electron chi connectivity index (χ3n) is 3.00. The van der Waals surface area contributed by atoms with Crippen LogP contribution in [0.4, 0.5) is 0 Å². The van der Waals surface area contributed by atoms with Crippen LogP contribution in [0.2, 0.25) is 0 Å². The molecule has 0 unspecified atom stereocenters. The maximum Gasteiger partial charge on any atom is 0.0691 e. The molecule has 1 fully saturated rings. The fourth-order valence-corrected chi connectivity index (χ4v) is 2.59. The Balaban J connectivity index is 1.91. The van der Waals surface area contributed by atoms with Crippen LogP contribution in [-0.2, 0) is 6.54 Å². The molecule has 1 heterocycles. The highest BCUT2D eigenvalue weighted by molar-refractivity contribution is 9.10. The first-order valence-electron chi connectivity index (χ1n) is 5.95. The number of nitrogens with one attached hydrogen (secondary N) is 1. The van der Waals surface area contributed by atoms with Crippen molar-refractivity contribution in [1.82, 2.24) is 15.1 Å². The quantitative estimate of drug-likeness (QED) is 0.890. The Kier molecular flexibility index (Phi) is 3.54. The van der Waals surface area contributed by atoms with Crippen LogP contribution < -0.4 is 5.32 Å². The van der Waals surface area contributed by atoms with Gasteiger partial charge >= 0.3 is 0 Å². The van der Waals surface area contributed by atoms with Crippen molar-refractivity contribution in [3.05, 3.63) is 45.1 Å². The molecule has 0 radical (unpaired) electrons. The molecule has 1 aromatic heterocycles. The van der Waals surface area contributed by atoms with E-state index in [0.717, 1.165) is 21.2 Å². The van der Waals surface area contributed by atoms with Crippen LogP contribution in [0.1, 0.15) is 18.4 Å². The van der Waals surface area contributed by atoms with Crippen molar-refractivity contribution in [3.8, 4) is 5.69 Å². The summed E-state index contributed by atoms with van der Waals surface area (Å²) in [6.45, 7) is 0.886. The average molecular weight is 371 g/mol. The fraction of sp³-hybridized carbons (Fsp3) is 0.308. The van der Waals surface area contributed by atoms with Crippen molar-refractivity contribution >= 4 is 31.9 Å². The number of rotatable bonds is 4. The molecule has 1 aliphatic rings. The number of hydrogen-bond acceptors (Lipinski definition) is 2. The zero-order valence-corrected chi connectivity index (χ0v) is 12.9. The van der Waals surface area contributed by atoms with E-state index in [2.05, 4.69) is 54.4 Å². The van der Waals surface area contributed by atoms with Gasteiger partial charge in [0.05, 0.1) is 16.4 Å². The molecule has 1 N–H and O–H groups in total. The van der Waals surface area contributed by atoms with Crippen molar-refractivity contribution in [2.75, 3.05) is 0 Å². The minimum absolute atomic E-state index is 0.709. The largest absolute Gasteiger partial charge is 0.310 e. The van der Waals surface area contributed by atoms with Crippen molar-refractivity contribution in [2.45, 2.75) is 25.4 Å². The van der Waals surface area contributed by atoms with Gasteiger partial charge in [-0.1, -0.05) is 15.9 Å². The second-order valence-corrected chi connectivity index (χ2v) is 6.36. The Labute approximate surface area is 123 Å². The number of aromatic nitrogens is 2. The topological polar surface area (TPSA) is 29.9 Å². The van der Waals surface area contributed by atoms with Gasteiger partial charge in [-0.25, -0.2) is 4.68 Å². The highest BCUT2D eigenvalue weighted by Crippen LogP contribution is 2.24. The first-order chi connectivity index (χ1) is 8.72. The summed E-state index contributed by atoms with van der Waals surface area (Å²) in [5.74, 6) is 0. The van der Waals surface area contributed by atoms with Gasteiger partial charge in [0.1, 0.15) is 0 Å². The molecular weight excluding hydrogens is 358 g/mol. The van der Waals surface area contributed by atoms with E-state index in [1.807, 2.05) is 16.9 Å². The normalized spacial score (nSPS) is 15.0. The second-order valence-electron chi connectivity index (χ2n) is 4.53. The molecule has 0 amide bonds. The van der Waals surface area contributed by atoms with E-state index in [9.17, 15) is 0 Å². The first-order valence-corrected chi connectivity index (χ1v) is 7.53. The van der Waals surface area contributed by atoms with Gasteiger partial charge in [0.25, 0.3) is 0 Å². The first kappa shape index (κ1) is 12.4. The zero-order valence-electron chi connectivity index (χ0n) is 9.74. The minimum Gasteiger partial charge on any atom is -0.310 e. The Morgan fingerprint density at radius 2 is 2.11 bits per heavy atom. The molecule has 0 spiro atoms. The molecule has 94 valence electrons. The van der Waals surface area contributed by atoms with Crippen LogP contribution in [0.5, 0.6) is 0 Å². The Hall–Kier alpha value is -0.650. The van der Waals surface area contributed by atoms with Gasteiger partial charge in [-0.05, 0) is 52.5 Å². The van der Waals surface area contributed by atoms with E-state index < -0.39 is 0 Å². The molecule has 2 aromatic rings. The van der Waals surface area contributed by atoms with Gasteiger partial charge in [-0.3, -0.25) is 0 Å². The Morgan fingerprint density at radius 3 is 2.78 bits per heavy atom. The van der Waals surface area contributed by atoms with Crippen LogP contribution in [-0.4, -0.2) is 15.8 Å². The Bertz CT molecular complexity index is 561. The number of nitrogens with zero attached hydrogens (tertiary/aromatic N) is 2. The number of hydrogen-bond donors (Lipinski definition) is 1. The predicted octanol–water partition coefficient (Wildman–Crippen LogP) is 3.65. The highest BCUT2D eigenvalue weighted by atomic mass is 79.9. The molecule has 0 bridgehead atoms. The number of halogens is 2. The summed E-state index contributed by atoms with van der Waals surface area (Å²) in [6.07, 6.45) is 6.39. The minimum atomic E-state index is 0.709. The highest BCUT2D eigenvalue weighted by Gasteiger charge is 2.20. The van der Waals surface area contributed by atoms with Gasteiger partial charge in [0.15, 0.2) is 0 Å². The summed E-state index contributed by atoms with van der Waals surface area (Å²) >= 11 is 6.96. The lowest BCUT2D eigenvalue weighted by atomic mass is 10.2. The van der Waals surface area contributed by atoms with Gasteiger partial charge in [-0.15, -0.1) is 0 Å². The van der Waals surface area contributed by atoms with Crippen molar-refractivity contribution in [2.24, 2.45) is 0 Å². The molecule has 0 atom stereocenters. The third kappa shape index (κ3) is 2.84. The lowest BCUT2D eigenvalue weighted by Gasteiger charge is -2.11. The van der Waals surface area contributed by atoms with E-state index in [0.29, 0.717) is 6.04 Å².